The Morgan fingerprint density at radius 3 is 2.82 bits per heavy atom. The van der Waals surface area contributed by atoms with Gasteiger partial charge in [-0.3, -0.25) is 4.79 Å². The Kier molecular flexibility index (Phi) is 5.63. The first-order valence-electron chi connectivity index (χ1n) is 6.44. The highest BCUT2D eigenvalue weighted by Crippen LogP contribution is 2.25. The SMILES string of the molecule is C#CCCC(=O)NCCc1nc(-c2nc(C(=O)O)cs2)cs1. The van der Waals surface area contributed by atoms with Crippen LogP contribution in [0.1, 0.15) is 28.3 Å². The van der Waals surface area contributed by atoms with Gasteiger partial charge in [-0.1, -0.05) is 0 Å². The molecule has 0 spiro atoms. The standard InChI is InChI=1S/C14H13N3O3S2/c1-2-3-4-11(18)15-6-5-12-16-9(7-21-12)13-17-10(8-22-13)14(19)20/h1,7-8H,3-6H2,(H,15,18)(H,19,20). The van der Waals surface area contributed by atoms with Crippen LogP contribution in [0.15, 0.2) is 10.8 Å². The lowest BCUT2D eigenvalue weighted by atomic mass is 10.3. The first kappa shape index (κ1) is 16.1. The van der Waals surface area contributed by atoms with Gasteiger partial charge in [-0.05, 0) is 0 Å². The number of rotatable bonds is 7. The smallest absolute Gasteiger partial charge is 0.355 e. The van der Waals surface area contributed by atoms with Gasteiger partial charge < -0.3 is 10.4 Å². The molecule has 1 amide bonds. The first-order chi connectivity index (χ1) is 10.6. The van der Waals surface area contributed by atoms with E-state index in [0.29, 0.717) is 36.5 Å². The number of carboxylic acid groups (broad SMARTS) is 1. The van der Waals surface area contributed by atoms with Gasteiger partial charge in [0.15, 0.2) is 5.69 Å². The molecule has 114 valence electrons. The molecule has 6 nitrogen and oxygen atoms in total. The van der Waals surface area contributed by atoms with Crippen LogP contribution in [0.2, 0.25) is 0 Å². The topological polar surface area (TPSA) is 92.2 Å². The molecule has 0 radical (unpaired) electrons. The zero-order valence-electron chi connectivity index (χ0n) is 11.5. The number of carboxylic acids is 1. The molecule has 0 saturated carbocycles. The maximum atomic E-state index is 11.4. The van der Waals surface area contributed by atoms with E-state index in [0.717, 1.165) is 5.01 Å². The van der Waals surface area contributed by atoms with Crippen LogP contribution in [0.3, 0.4) is 0 Å². The van der Waals surface area contributed by atoms with Gasteiger partial charge in [0.1, 0.15) is 10.7 Å². The molecule has 0 atom stereocenters. The van der Waals surface area contributed by atoms with Crippen LogP contribution in [0, 0.1) is 12.3 Å². The fourth-order valence-electron chi connectivity index (χ4n) is 1.60. The van der Waals surface area contributed by atoms with Crippen LogP contribution >= 0.6 is 22.7 Å². The van der Waals surface area contributed by atoms with Crippen LogP contribution in [0.4, 0.5) is 0 Å². The van der Waals surface area contributed by atoms with Gasteiger partial charge in [-0.25, -0.2) is 14.8 Å². The Hall–Kier alpha value is -2.24. The Labute approximate surface area is 135 Å². The highest BCUT2D eigenvalue weighted by Gasteiger charge is 2.12. The molecule has 22 heavy (non-hydrogen) atoms. The Bertz CT molecular complexity index is 715. The van der Waals surface area contributed by atoms with E-state index in [1.54, 1.807) is 0 Å². The quantitative estimate of drug-likeness (QED) is 0.755. The van der Waals surface area contributed by atoms with Crippen molar-refractivity contribution in [2.75, 3.05) is 6.54 Å². The third-order valence-electron chi connectivity index (χ3n) is 2.65. The summed E-state index contributed by atoms with van der Waals surface area (Å²) in [7, 11) is 0. The molecule has 8 heteroatoms. The summed E-state index contributed by atoms with van der Waals surface area (Å²) in [5.74, 6) is 1.30. The van der Waals surface area contributed by atoms with Crippen molar-refractivity contribution in [1.29, 1.82) is 0 Å². The molecule has 2 aromatic heterocycles. The zero-order chi connectivity index (χ0) is 15.9. The van der Waals surface area contributed by atoms with Crippen LogP contribution in [-0.4, -0.2) is 33.5 Å². The van der Waals surface area contributed by atoms with Gasteiger partial charge in [0, 0.05) is 36.6 Å². The van der Waals surface area contributed by atoms with E-state index in [1.165, 1.54) is 28.1 Å². The number of hydrogen-bond donors (Lipinski definition) is 2. The minimum absolute atomic E-state index is 0.0235. The third kappa shape index (κ3) is 4.38. The van der Waals surface area contributed by atoms with Crippen molar-refractivity contribution >= 4 is 34.6 Å². The number of carbonyl (C=O) groups excluding carboxylic acids is 1. The van der Waals surface area contributed by atoms with Crippen LogP contribution in [0.5, 0.6) is 0 Å². The number of nitrogens with zero attached hydrogens (tertiary/aromatic N) is 2. The van der Waals surface area contributed by atoms with Crippen molar-refractivity contribution in [3.8, 4) is 23.0 Å². The van der Waals surface area contributed by atoms with Crippen LogP contribution in [-0.2, 0) is 11.2 Å². The van der Waals surface area contributed by atoms with Gasteiger partial charge >= 0.3 is 5.97 Å². The number of amides is 1. The first-order valence-corrected chi connectivity index (χ1v) is 8.20. The lowest BCUT2D eigenvalue weighted by molar-refractivity contribution is -0.120. The zero-order valence-corrected chi connectivity index (χ0v) is 13.2. The summed E-state index contributed by atoms with van der Waals surface area (Å²) in [6, 6.07) is 0. The molecular weight excluding hydrogens is 322 g/mol. The minimum atomic E-state index is -1.05. The van der Waals surface area contributed by atoms with Crippen molar-refractivity contribution in [3.05, 3.63) is 21.5 Å². The molecule has 0 aliphatic rings. The van der Waals surface area contributed by atoms with Gasteiger partial charge in [0.25, 0.3) is 0 Å². The molecule has 0 unspecified atom stereocenters. The molecule has 2 N–H and O–H groups in total. The highest BCUT2D eigenvalue weighted by molar-refractivity contribution is 7.14. The molecule has 0 aromatic carbocycles. The molecule has 0 aliphatic heterocycles. The summed E-state index contributed by atoms with van der Waals surface area (Å²) in [6.07, 6.45) is 6.47. The average molecular weight is 335 g/mol. The minimum Gasteiger partial charge on any atom is -0.476 e. The second-order valence-corrected chi connectivity index (χ2v) is 6.07. The summed E-state index contributed by atoms with van der Waals surface area (Å²) < 4.78 is 0. The number of carbonyl (C=O) groups is 2. The van der Waals surface area contributed by atoms with Gasteiger partial charge in [-0.15, -0.1) is 35.0 Å². The average Bonchev–Trinajstić information content (AvgIpc) is 3.13. The maximum absolute atomic E-state index is 11.4. The van der Waals surface area contributed by atoms with E-state index < -0.39 is 5.97 Å². The van der Waals surface area contributed by atoms with Crippen molar-refractivity contribution < 1.29 is 14.7 Å². The Balaban J connectivity index is 1.87. The number of aromatic carboxylic acids is 1. The molecule has 2 heterocycles. The fraction of sp³-hybridized carbons (Fsp3) is 0.286. The summed E-state index contributed by atoms with van der Waals surface area (Å²) in [5, 5.41) is 16.4. The summed E-state index contributed by atoms with van der Waals surface area (Å²) in [6.45, 7) is 0.495. The molecule has 2 rings (SSSR count). The number of thiazole rings is 2. The largest absolute Gasteiger partial charge is 0.476 e. The molecule has 2 aromatic rings. The van der Waals surface area contributed by atoms with Crippen LogP contribution < -0.4 is 5.32 Å². The molecular formula is C14H13N3O3S2. The number of aromatic nitrogens is 2. The van der Waals surface area contributed by atoms with E-state index >= 15 is 0 Å². The second kappa shape index (κ2) is 7.68. The van der Waals surface area contributed by atoms with Crippen LogP contribution in [0.25, 0.3) is 10.7 Å². The van der Waals surface area contributed by atoms with Crippen molar-refractivity contribution in [2.24, 2.45) is 0 Å². The molecule has 0 aliphatic carbocycles. The lowest BCUT2D eigenvalue weighted by Gasteiger charge is -2.01. The summed E-state index contributed by atoms with van der Waals surface area (Å²) in [4.78, 5) is 30.6. The van der Waals surface area contributed by atoms with Crippen molar-refractivity contribution in [1.82, 2.24) is 15.3 Å². The van der Waals surface area contributed by atoms with E-state index in [9.17, 15) is 9.59 Å². The normalized spacial score (nSPS) is 10.1. The molecule has 0 bridgehead atoms. The predicted molar refractivity (Wildman–Crippen MR) is 85.0 cm³/mol. The van der Waals surface area contributed by atoms with E-state index in [4.69, 9.17) is 11.5 Å². The maximum Gasteiger partial charge on any atom is 0.355 e. The molecule has 0 saturated heterocycles. The number of hydrogen-bond acceptors (Lipinski definition) is 6. The fourth-order valence-corrected chi connectivity index (χ4v) is 3.21. The Morgan fingerprint density at radius 2 is 2.14 bits per heavy atom. The molecule has 0 fully saturated rings. The van der Waals surface area contributed by atoms with E-state index in [-0.39, 0.29) is 11.6 Å². The predicted octanol–water partition coefficient (Wildman–Crippen LogP) is 2.04. The van der Waals surface area contributed by atoms with E-state index in [2.05, 4.69) is 21.2 Å². The monoisotopic (exact) mass is 335 g/mol. The van der Waals surface area contributed by atoms with Gasteiger partial charge in [0.05, 0.1) is 5.01 Å². The van der Waals surface area contributed by atoms with E-state index in [1.807, 2.05) is 5.38 Å². The number of terminal acetylenes is 1. The van der Waals surface area contributed by atoms with Gasteiger partial charge in [-0.2, -0.15) is 0 Å². The summed E-state index contributed by atoms with van der Waals surface area (Å²) >= 11 is 2.70. The van der Waals surface area contributed by atoms with Gasteiger partial charge in [0.2, 0.25) is 5.91 Å². The lowest BCUT2D eigenvalue weighted by Crippen LogP contribution is -2.25. The van der Waals surface area contributed by atoms with Crippen molar-refractivity contribution in [2.45, 2.75) is 19.3 Å². The Morgan fingerprint density at radius 1 is 1.32 bits per heavy atom. The second-order valence-electron chi connectivity index (χ2n) is 4.27. The highest BCUT2D eigenvalue weighted by atomic mass is 32.1. The third-order valence-corrected chi connectivity index (χ3v) is 4.42. The van der Waals surface area contributed by atoms with Crippen molar-refractivity contribution in [3.63, 3.8) is 0 Å². The summed E-state index contributed by atoms with van der Waals surface area (Å²) in [5.41, 5.74) is 0.687. The number of nitrogens with one attached hydrogen (secondary N) is 1.